The van der Waals surface area contributed by atoms with Gasteiger partial charge in [0.15, 0.2) is 10.1 Å². The summed E-state index contributed by atoms with van der Waals surface area (Å²) in [6.07, 6.45) is 10.8. The summed E-state index contributed by atoms with van der Waals surface area (Å²) in [4.78, 5) is 17.1. The zero-order valence-electron chi connectivity index (χ0n) is 21.2. The van der Waals surface area contributed by atoms with Crippen LogP contribution >= 0.6 is 0 Å². The van der Waals surface area contributed by atoms with Gasteiger partial charge in [-0.05, 0) is 70.8 Å². The maximum atomic E-state index is 10.7. The molecule has 217 valence electrons. The summed E-state index contributed by atoms with van der Waals surface area (Å²) >= 11 is 0. The van der Waals surface area contributed by atoms with Crippen molar-refractivity contribution in [3.05, 3.63) is 106 Å². The summed E-state index contributed by atoms with van der Waals surface area (Å²) in [6.45, 7) is 14.9. The Bertz CT molecular complexity index is 1440. The fourth-order valence-electron chi connectivity index (χ4n) is 2.59. The molecule has 11 nitrogen and oxygen atoms in total. The molecule has 0 aliphatic heterocycles. The molecular weight excluding hydrogens is 754 g/mol. The smallest absolute Gasteiger partial charge is 0.0892 e. The standard InChI is InChI=1S/C20H14N4.C2H3N.CHF3O3S.3CO.Re/c1-7-21-8-2-15(1)17-5-11-23-19(13-17)20-14-18(6-12-24-20)16-3-9-22-10-4-16;1-2-3;2-1(3,4)8(5,6)7;3*1-2;/h1-14H;1H3;(H,5,6,7);;;;/p-1. The molecule has 0 fully saturated rings. The molecule has 0 aromatic carbocycles. The van der Waals surface area contributed by atoms with Gasteiger partial charge < -0.3 is 4.55 Å². The third kappa shape index (κ3) is 15.5. The average molecular weight is 771 g/mol. The first-order chi connectivity index (χ1) is 19.6. The van der Waals surface area contributed by atoms with Crippen LogP contribution in [-0.2, 0) is 44.5 Å². The van der Waals surface area contributed by atoms with Crippen LogP contribution in [0.1, 0.15) is 6.92 Å². The van der Waals surface area contributed by atoms with Crippen molar-refractivity contribution in [2.24, 2.45) is 0 Å². The van der Waals surface area contributed by atoms with Crippen molar-refractivity contribution in [3.63, 3.8) is 0 Å². The van der Waals surface area contributed by atoms with Crippen molar-refractivity contribution in [2.45, 2.75) is 12.4 Å². The first-order valence-corrected chi connectivity index (χ1v) is 11.6. The van der Waals surface area contributed by atoms with Crippen molar-refractivity contribution in [3.8, 4) is 39.7 Å². The van der Waals surface area contributed by atoms with Gasteiger partial charge in [-0.2, -0.15) is 18.4 Å². The molecule has 4 aromatic rings. The Morgan fingerprint density at radius 2 is 0.952 bits per heavy atom. The Morgan fingerprint density at radius 3 is 1.19 bits per heavy atom. The minimum absolute atomic E-state index is 0. The van der Waals surface area contributed by atoms with Crippen LogP contribution in [0.25, 0.3) is 33.6 Å². The molecule has 0 bridgehead atoms. The molecule has 0 atom stereocenters. The third-order valence-electron chi connectivity index (χ3n) is 4.09. The van der Waals surface area contributed by atoms with Gasteiger partial charge in [0.05, 0.1) is 17.5 Å². The monoisotopic (exact) mass is 771 g/mol. The van der Waals surface area contributed by atoms with E-state index in [1.54, 1.807) is 30.9 Å². The Labute approximate surface area is 253 Å². The van der Waals surface area contributed by atoms with Crippen molar-refractivity contribution in [1.29, 1.82) is 5.26 Å². The number of hydrogen-bond acceptors (Lipinski definition) is 8. The van der Waals surface area contributed by atoms with E-state index < -0.39 is 15.6 Å². The zero-order valence-corrected chi connectivity index (χ0v) is 24.7. The molecule has 0 spiro atoms. The van der Waals surface area contributed by atoms with E-state index in [-0.39, 0.29) is 20.4 Å². The van der Waals surface area contributed by atoms with Gasteiger partial charge in [0.25, 0.3) is 0 Å². The fraction of sp³-hybridized carbons (Fsp3) is 0.0769. The summed E-state index contributed by atoms with van der Waals surface area (Å²) in [5.41, 5.74) is 0.461. The first kappa shape index (κ1) is 42.1. The SMILES string of the molecule is CC#N.O=S(=O)([O-])C(F)(F)F.[C-]#[O+].[C-]#[O+].[C-]#[O+].[Re].c1cc(-c2ccnc(-c3cc(-c4ccncc4)ccn3)c2)ccn1. The van der Waals surface area contributed by atoms with Crippen LogP contribution in [-0.4, -0.2) is 38.4 Å². The predicted octanol–water partition coefficient (Wildman–Crippen LogP) is 4.73. The summed E-state index contributed by atoms with van der Waals surface area (Å²) in [6, 6.07) is 17.8. The van der Waals surface area contributed by atoms with Gasteiger partial charge in [-0.15, -0.1) is 0 Å². The average Bonchev–Trinajstić information content (AvgIpc) is 3.01. The molecule has 1 radical (unpaired) electrons. The first-order valence-electron chi connectivity index (χ1n) is 10.2. The second-order valence-electron chi connectivity index (χ2n) is 6.45. The molecule has 42 heavy (non-hydrogen) atoms. The van der Waals surface area contributed by atoms with Gasteiger partial charge in [-0.3, -0.25) is 19.9 Å². The minimum Gasteiger partial charge on any atom is -0.265 e. The molecule has 0 saturated carbocycles. The summed E-state index contributed by atoms with van der Waals surface area (Å²) < 4.78 is 81.4. The van der Waals surface area contributed by atoms with Crippen molar-refractivity contribution < 1.29 is 60.5 Å². The topological polar surface area (TPSA) is 192 Å². The molecule has 0 amide bonds. The van der Waals surface area contributed by atoms with Crippen LogP contribution < -0.4 is 0 Å². The zero-order chi connectivity index (χ0) is 31.9. The maximum absolute atomic E-state index is 10.7. The third-order valence-corrected chi connectivity index (χ3v) is 4.66. The van der Waals surface area contributed by atoms with E-state index in [0.29, 0.717) is 0 Å². The summed E-state index contributed by atoms with van der Waals surface area (Å²) in [5.74, 6) is 0. The Kier molecular flexibility index (Phi) is 23.5. The molecule has 4 rings (SSSR count). The van der Waals surface area contributed by atoms with Crippen LogP contribution in [0.4, 0.5) is 13.2 Å². The number of rotatable bonds is 3. The van der Waals surface area contributed by atoms with Crippen LogP contribution in [0.15, 0.2) is 85.7 Å². The molecule has 4 aromatic heterocycles. The van der Waals surface area contributed by atoms with E-state index in [2.05, 4.69) is 39.9 Å². The number of aromatic nitrogens is 4. The van der Waals surface area contributed by atoms with Gasteiger partial charge >= 0.3 is 39.4 Å². The summed E-state index contributed by atoms with van der Waals surface area (Å²) in [5, 5.41) is 7.32. The van der Waals surface area contributed by atoms with E-state index in [0.717, 1.165) is 33.6 Å². The van der Waals surface area contributed by atoms with Crippen molar-refractivity contribution >= 4 is 10.1 Å². The van der Waals surface area contributed by atoms with Crippen LogP contribution in [0.2, 0.25) is 0 Å². The van der Waals surface area contributed by atoms with E-state index in [1.165, 1.54) is 6.92 Å². The minimum atomic E-state index is -6.09. The van der Waals surface area contributed by atoms with E-state index >= 15 is 0 Å². The van der Waals surface area contributed by atoms with Gasteiger partial charge in [-0.25, -0.2) is 8.42 Å². The van der Waals surface area contributed by atoms with Crippen LogP contribution in [0.5, 0.6) is 0 Å². The second kappa shape index (κ2) is 23.4. The van der Waals surface area contributed by atoms with Crippen LogP contribution in [0.3, 0.4) is 0 Å². The maximum Gasteiger partial charge on any atom is 0.0892 e. The van der Waals surface area contributed by atoms with Gasteiger partial charge in [-0.1, -0.05) is 0 Å². The van der Waals surface area contributed by atoms with Crippen LogP contribution in [0, 0.1) is 31.3 Å². The molecule has 4 heterocycles. The number of nitrogens with zero attached hydrogens (tertiary/aromatic N) is 5. The normalized spacial score (nSPS) is 9.00. The summed E-state index contributed by atoms with van der Waals surface area (Å²) in [7, 11) is -6.09. The van der Waals surface area contributed by atoms with Crippen molar-refractivity contribution in [2.75, 3.05) is 0 Å². The van der Waals surface area contributed by atoms with E-state index in [9.17, 15) is 13.2 Å². The number of alkyl halides is 3. The second-order valence-corrected chi connectivity index (χ2v) is 7.83. The van der Waals surface area contributed by atoms with E-state index in [4.69, 9.17) is 32.2 Å². The number of pyridine rings is 4. The quantitative estimate of drug-likeness (QED) is 0.124. The fourth-order valence-corrected chi connectivity index (χ4v) is 2.59. The Hall–Kier alpha value is -4.33. The molecular formula is C26H17F3N5O6ReS-. The number of nitriles is 1. The molecule has 0 saturated heterocycles. The molecule has 0 unspecified atom stereocenters. The Balaban J connectivity index is -0.000000715. The molecule has 0 aliphatic carbocycles. The predicted molar refractivity (Wildman–Crippen MR) is 133 cm³/mol. The van der Waals surface area contributed by atoms with Gasteiger partial charge in [0.1, 0.15) is 0 Å². The number of hydrogen-bond donors (Lipinski definition) is 0. The van der Waals surface area contributed by atoms with E-state index in [1.807, 2.05) is 60.9 Å². The largest absolute Gasteiger partial charge is 0.265 e. The number of halogens is 3. The van der Waals surface area contributed by atoms with Gasteiger partial charge in [0, 0.05) is 64.5 Å². The van der Waals surface area contributed by atoms with Gasteiger partial charge in [0.2, 0.25) is 0 Å². The molecule has 0 aliphatic rings. The Morgan fingerprint density at radius 1 is 0.714 bits per heavy atom. The molecule has 16 heteroatoms. The van der Waals surface area contributed by atoms with Crippen molar-refractivity contribution in [1.82, 2.24) is 19.9 Å². The molecule has 0 N–H and O–H groups in total.